The summed E-state index contributed by atoms with van der Waals surface area (Å²) < 4.78 is 578. The van der Waals surface area contributed by atoms with E-state index >= 15 is 0 Å². The molecule has 0 aromatic heterocycles. The van der Waals surface area contributed by atoms with Gasteiger partial charge in [-0.25, -0.2) is 0 Å². The molecule has 0 aliphatic carbocycles. The second-order valence-corrected chi connectivity index (χ2v) is 22.8. The highest BCUT2D eigenvalue weighted by molar-refractivity contribution is 5.87. The van der Waals surface area contributed by atoms with Crippen LogP contribution in [0.25, 0.3) is 44.5 Å². The Bertz CT molecular complexity index is 9150. The third-order valence-corrected chi connectivity index (χ3v) is 16.1. The van der Waals surface area contributed by atoms with E-state index in [0.717, 1.165) is 9.80 Å². The van der Waals surface area contributed by atoms with E-state index in [2.05, 4.69) is 0 Å². The summed E-state index contributed by atoms with van der Waals surface area (Å²) in [6.45, 7) is 0. The van der Waals surface area contributed by atoms with Crippen molar-refractivity contribution in [2.24, 2.45) is 0 Å². The summed E-state index contributed by atoms with van der Waals surface area (Å²) in [4.78, 5) is 4.30. The maximum absolute atomic E-state index is 9.55. The third kappa shape index (κ3) is 16.4. The van der Waals surface area contributed by atoms with Crippen LogP contribution in [0.5, 0.6) is 0 Å². The van der Waals surface area contributed by atoms with Crippen molar-refractivity contribution in [3.8, 4) is 44.5 Å². The lowest BCUT2D eigenvalue weighted by Crippen LogP contribution is -2.10. The van der Waals surface area contributed by atoms with Crippen molar-refractivity contribution in [3.63, 3.8) is 0 Å². The molecule has 544 valence electrons. The molecule has 6 heteroatoms. The fourth-order valence-electron chi connectivity index (χ4n) is 11.1. The Morgan fingerprint density at radius 1 is 0.0965 bits per heavy atom. The van der Waals surface area contributed by atoms with Crippen LogP contribution in [-0.2, 0) is 0 Å². The molecule has 6 nitrogen and oxygen atoms in total. The van der Waals surface area contributed by atoms with Crippen LogP contribution >= 0.6 is 0 Å². The molecule has 0 fully saturated rings. The number of rotatable bonds is 22. The van der Waals surface area contributed by atoms with Gasteiger partial charge in [-0.1, -0.05) is 278 Å². The lowest BCUT2D eigenvalue weighted by Gasteiger charge is -2.26. The Hall–Kier alpha value is -15.2. The first-order valence-corrected chi connectivity index (χ1v) is 33.3. The summed E-state index contributed by atoms with van der Waals surface area (Å²) in [7, 11) is 0. The van der Waals surface area contributed by atoms with Gasteiger partial charge in [-0.05, 0) is 262 Å². The van der Waals surface area contributed by atoms with Gasteiger partial charge < -0.3 is 29.4 Å². The van der Waals surface area contributed by atoms with Gasteiger partial charge in [-0.15, -0.1) is 0 Å². The Kier molecular flexibility index (Phi) is 8.75. The maximum Gasteiger partial charge on any atom is 0.0645 e. The van der Waals surface area contributed by atoms with Crippen LogP contribution in [-0.4, -0.2) is 0 Å². The van der Waals surface area contributed by atoms with Crippen LogP contribution in [0, 0.1) is 0 Å². The molecular weight excluding hydrogens is 1380 g/mol. The summed E-state index contributed by atoms with van der Waals surface area (Å²) in [6.07, 6.45) is 0. The third-order valence-electron chi connectivity index (χ3n) is 16.1. The summed E-state index contributed by atoms with van der Waals surface area (Å²) in [5, 5.41) is 0. The molecule has 0 atom stereocenters. The fraction of sp³-hybridized carbons (Fsp3) is 0. The molecule has 0 radical (unpaired) electrons. The largest absolute Gasteiger partial charge is 0.311 e. The van der Waals surface area contributed by atoms with E-state index in [-0.39, 0.29) is 22.0 Å². The molecule has 0 N–H and O–H groups in total. The molecule has 0 unspecified atom stereocenters. The van der Waals surface area contributed by atoms with Crippen molar-refractivity contribution in [2.45, 2.75) is 0 Å². The standard InChI is InChI=1S/2C54H41N3/c2*1-6-16-46(17-7-1)55(47-18-8-2-9-19-47)51-34-26-42(27-35-51)44-30-38-53(39-31-44)57(50-24-14-5-15-25-50)54-40-32-45(33-41-54)43-28-36-52(37-29-43)56(48-20-10-3-11-21-48)49-22-12-4-13-23-49/h2*1-41H/i1D,2D,3D,4D,5D,6D,7D,8D,9D,10D,11D,12D,13D,14D,15D,16D,17D,18D,19D,20D,21D,22D,23D,24D,25D,26D,27D,28D,29D,30D,31D,32D,33D,34D,35D,36D,37D,38D,39D,40D,41D;1D,2D,3D,4D,5D,6D,7D,8D,9D,10D,11D,12D,13D,14D,15D,16D,17D,18D,19D,20D,21D,22D,23D,24D,25D. The van der Waals surface area contributed by atoms with Gasteiger partial charge in [0.1, 0.15) is 0 Å². The minimum Gasteiger partial charge on any atom is -0.311 e. The average molecular weight is 1530 g/mol. The van der Waals surface area contributed by atoms with E-state index in [9.17, 15) is 21.9 Å². The lowest BCUT2D eigenvalue weighted by molar-refractivity contribution is 1.28. The summed E-state index contributed by atoms with van der Waals surface area (Å²) in [6, 6.07) is -41.4. The van der Waals surface area contributed by atoms with Crippen LogP contribution in [0.1, 0.15) is 90.5 Å². The van der Waals surface area contributed by atoms with Crippen molar-refractivity contribution >= 4 is 102 Å². The number of benzene rings is 18. The van der Waals surface area contributed by atoms with Gasteiger partial charge in [0.05, 0.1) is 90.5 Å². The number of para-hydroxylation sites is 10. The second-order valence-electron chi connectivity index (χ2n) is 22.8. The predicted octanol–water partition coefficient (Wildman–Crippen LogP) is 30.9. The summed E-state index contributed by atoms with van der Waals surface area (Å²) in [5.74, 6) is 0. The van der Waals surface area contributed by atoms with Crippen molar-refractivity contribution < 1.29 is 90.5 Å². The monoisotopic (exact) mass is 1530 g/mol. The lowest BCUT2D eigenvalue weighted by atomic mass is 10.0. The molecule has 0 saturated heterocycles. The van der Waals surface area contributed by atoms with E-state index in [1.54, 1.807) is 72.8 Å². The number of nitrogens with zero attached hydrogens (tertiary/aromatic N) is 6. The molecule has 18 rings (SSSR count). The number of hydrogen-bond donors (Lipinski definition) is 0. The fourth-order valence-corrected chi connectivity index (χ4v) is 11.1. The molecule has 0 amide bonds. The second kappa shape index (κ2) is 34.6. The normalized spacial score (nSPS) is 18.9. The first-order chi connectivity index (χ1) is 84.0. The summed E-state index contributed by atoms with van der Waals surface area (Å²) >= 11 is 0. The van der Waals surface area contributed by atoms with Gasteiger partial charge in [0, 0.05) is 102 Å². The van der Waals surface area contributed by atoms with Gasteiger partial charge in [-0.2, -0.15) is 0 Å². The zero-order chi connectivity index (χ0) is 134. The quantitative estimate of drug-likeness (QED) is 0.0669. The van der Waals surface area contributed by atoms with E-state index in [0.29, 0.717) is 43.4 Å². The van der Waals surface area contributed by atoms with E-state index < -0.39 is 495 Å². The molecule has 18 aromatic rings. The zero-order valence-electron chi connectivity index (χ0n) is 124. The Morgan fingerprint density at radius 2 is 0.202 bits per heavy atom. The van der Waals surface area contributed by atoms with Crippen molar-refractivity contribution in [1.29, 1.82) is 0 Å². The summed E-state index contributed by atoms with van der Waals surface area (Å²) in [5.41, 5.74) is -14.0. The highest BCUT2D eigenvalue weighted by atomic mass is 15.2. The number of anilines is 18. The van der Waals surface area contributed by atoms with Crippen molar-refractivity contribution in [1.82, 2.24) is 0 Å². The van der Waals surface area contributed by atoms with E-state index in [1.165, 1.54) is 29.2 Å². The van der Waals surface area contributed by atoms with Crippen LogP contribution in [0.15, 0.2) is 496 Å². The number of hydrogen-bond acceptors (Lipinski definition) is 6. The van der Waals surface area contributed by atoms with Crippen LogP contribution in [0.2, 0.25) is 0 Å². The molecule has 114 heavy (non-hydrogen) atoms. The van der Waals surface area contributed by atoms with Crippen molar-refractivity contribution in [3.05, 3.63) is 496 Å². The molecule has 0 aliphatic rings. The van der Waals surface area contributed by atoms with Gasteiger partial charge in [0.25, 0.3) is 0 Å². The van der Waals surface area contributed by atoms with Crippen LogP contribution in [0.3, 0.4) is 0 Å². The maximum atomic E-state index is 9.55. The molecule has 18 aromatic carbocycles. The highest BCUT2D eigenvalue weighted by Gasteiger charge is 2.20. The highest BCUT2D eigenvalue weighted by Crippen LogP contribution is 2.44. The van der Waals surface area contributed by atoms with E-state index in [1.807, 2.05) is 0 Å². The first kappa shape index (κ1) is 28.9. The molecule has 0 aliphatic heterocycles. The first-order valence-electron chi connectivity index (χ1n) is 66.3. The molecule has 0 bridgehead atoms. The molecular formula is C108H82N6. The Morgan fingerprint density at radius 3 is 0.333 bits per heavy atom. The SMILES string of the molecule is [2H]c1c([2H])c([2H])c(N(c2c([2H])c([2H])c([2H])c([2H])c2[2H])c2c([2H])c([2H])c(-c3c([2H])c([2H])c(N(c4c([2H])c([2H])c([2H])c([2H])c4[2H])c4c([2H])c([2H])c(-c5c([2H])c([2H])c(N(c6c([2H])c([2H])c([2H])c([2H])c6[2H])c6c([2H])c([2H])c([2H])c([2H])c6[2H])c([2H])c5[2H])c([2H])c4[2H])c([2H])c3[2H])c([2H])c2[2H])c([2H])c1[2H].[2H]c1c([2H])c([2H])c(N(c2ccc(-c3ccc(N(c4c([2H])c([2H])c([2H])c([2H])c4[2H])c4c([2H])c([2H])c([2H])c([2H])c4[2H])cc3)cc2)c2ccc(-c3ccc(N(c4c([2H])c([2H])c([2H])c([2H])c4[2H])c4c([2H])c([2H])c([2H])c([2H])c4[2H])cc3)cc2)c([2H])c1[2H]. The van der Waals surface area contributed by atoms with Gasteiger partial charge in [-0.3, -0.25) is 0 Å². The molecule has 0 spiro atoms. The molecule has 0 saturated carbocycles. The minimum absolute atomic E-state index is 0.0767. The van der Waals surface area contributed by atoms with E-state index in [4.69, 9.17) is 68.5 Å². The van der Waals surface area contributed by atoms with Gasteiger partial charge >= 0.3 is 0 Å². The van der Waals surface area contributed by atoms with Crippen LogP contribution in [0.4, 0.5) is 102 Å². The topological polar surface area (TPSA) is 19.4 Å². The zero-order valence-corrected chi connectivity index (χ0v) is 57.9. The predicted molar refractivity (Wildman–Crippen MR) is 483 cm³/mol. The average Bonchev–Trinajstić information content (AvgIpc) is 0.706. The Balaban J connectivity index is 0.000000241. The smallest absolute Gasteiger partial charge is 0.0645 e. The Labute approximate surface area is 762 Å². The molecule has 0 heterocycles. The van der Waals surface area contributed by atoms with Gasteiger partial charge in [0.2, 0.25) is 0 Å². The van der Waals surface area contributed by atoms with Gasteiger partial charge in [0.15, 0.2) is 0 Å². The minimum atomic E-state index is -1.44. The van der Waals surface area contributed by atoms with Crippen molar-refractivity contribution in [2.75, 3.05) is 29.4 Å². The van der Waals surface area contributed by atoms with Crippen LogP contribution < -0.4 is 29.4 Å².